The minimum atomic E-state index is -3.53. The van der Waals surface area contributed by atoms with Crippen LogP contribution in [0, 0.1) is 6.92 Å². The van der Waals surface area contributed by atoms with E-state index in [2.05, 4.69) is 0 Å². The Morgan fingerprint density at radius 1 is 1.40 bits per heavy atom. The van der Waals surface area contributed by atoms with E-state index in [1.54, 1.807) is 20.0 Å². The highest BCUT2D eigenvalue weighted by molar-refractivity contribution is 7.89. The Balaban J connectivity index is 2.32. The Labute approximate surface area is 131 Å². The van der Waals surface area contributed by atoms with Crippen molar-refractivity contribution in [3.8, 4) is 0 Å². The number of thiophene rings is 2. The molecule has 2 rings (SSSR count). The summed E-state index contributed by atoms with van der Waals surface area (Å²) in [6, 6.07) is 3.60. The third kappa shape index (κ3) is 3.08. The van der Waals surface area contributed by atoms with E-state index in [0.717, 1.165) is 10.4 Å². The maximum Gasteiger partial charge on any atom is 0.244 e. The van der Waals surface area contributed by atoms with E-state index in [1.807, 2.05) is 11.4 Å². The first kappa shape index (κ1) is 15.9. The van der Waals surface area contributed by atoms with Gasteiger partial charge in [0.15, 0.2) is 0 Å². The molecule has 2 aromatic heterocycles. The predicted octanol–water partition coefficient (Wildman–Crippen LogP) is 3.05. The molecule has 0 saturated heterocycles. The molecule has 2 heterocycles. The highest BCUT2D eigenvalue weighted by Gasteiger charge is 2.27. The SMILES string of the molecule is Cc1csc(CN)c1S(=O)(=O)N(C)Cc1ccc(Cl)s1. The van der Waals surface area contributed by atoms with Gasteiger partial charge < -0.3 is 5.73 Å². The van der Waals surface area contributed by atoms with Crippen LogP contribution in [0.3, 0.4) is 0 Å². The highest BCUT2D eigenvalue weighted by Crippen LogP contribution is 2.30. The van der Waals surface area contributed by atoms with Crippen LogP contribution in [-0.2, 0) is 23.1 Å². The van der Waals surface area contributed by atoms with Gasteiger partial charge in [-0.3, -0.25) is 0 Å². The normalized spacial score (nSPS) is 12.2. The van der Waals surface area contributed by atoms with Gasteiger partial charge in [-0.2, -0.15) is 4.31 Å². The molecule has 0 aliphatic rings. The first-order valence-electron chi connectivity index (χ1n) is 5.84. The van der Waals surface area contributed by atoms with Crippen LogP contribution in [0.4, 0.5) is 0 Å². The molecule has 0 fully saturated rings. The minimum Gasteiger partial charge on any atom is -0.326 e. The lowest BCUT2D eigenvalue weighted by molar-refractivity contribution is 0.469. The standard InChI is InChI=1S/C12H15ClN2O2S3/c1-8-7-18-10(5-14)12(8)20(16,17)15(2)6-9-3-4-11(13)19-9/h3-4,7H,5-6,14H2,1-2H3. The van der Waals surface area contributed by atoms with Crippen LogP contribution < -0.4 is 5.73 Å². The Hall–Kier alpha value is -0.440. The van der Waals surface area contributed by atoms with Gasteiger partial charge in [-0.25, -0.2) is 8.42 Å². The van der Waals surface area contributed by atoms with Crippen molar-refractivity contribution < 1.29 is 8.42 Å². The summed E-state index contributed by atoms with van der Waals surface area (Å²) in [6.45, 7) is 2.32. The number of rotatable bonds is 5. The van der Waals surface area contributed by atoms with Crippen LogP contribution >= 0.6 is 34.3 Å². The first-order valence-corrected chi connectivity index (χ1v) is 9.35. The predicted molar refractivity (Wildman–Crippen MR) is 84.9 cm³/mol. The molecule has 0 spiro atoms. The lowest BCUT2D eigenvalue weighted by Gasteiger charge is -2.17. The smallest absolute Gasteiger partial charge is 0.244 e. The molecule has 2 N–H and O–H groups in total. The fourth-order valence-corrected chi connectivity index (χ4v) is 5.89. The fraction of sp³-hybridized carbons (Fsp3) is 0.333. The van der Waals surface area contributed by atoms with Crippen LogP contribution in [0.2, 0.25) is 4.34 Å². The Kier molecular flexibility index (Phi) is 4.88. The van der Waals surface area contributed by atoms with Crippen molar-refractivity contribution in [2.75, 3.05) is 7.05 Å². The van der Waals surface area contributed by atoms with Gasteiger partial charge in [-0.15, -0.1) is 22.7 Å². The molecule has 0 aromatic carbocycles. The van der Waals surface area contributed by atoms with Crippen molar-refractivity contribution in [1.82, 2.24) is 4.31 Å². The second-order valence-corrected chi connectivity index (χ2v) is 9.09. The number of sulfonamides is 1. The summed E-state index contributed by atoms with van der Waals surface area (Å²) in [5.74, 6) is 0. The zero-order valence-corrected chi connectivity index (χ0v) is 14.3. The number of aryl methyl sites for hydroxylation is 1. The number of nitrogens with zero attached hydrogens (tertiary/aromatic N) is 1. The summed E-state index contributed by atoms with van der Waals surface area (Å²) < 4.78 is 27.3. The van der Waals surface area contributed by atoms with Gasteiger partial charge >= 0.3 is 0 Å². The average Bonchev–Trinajstić information content (AvgIpc) is 2.95. The summed E-state index contributed by atoms with van der Waals surface area (Å²) in [4.78, 5) is 1.94. The van der Waals surface area contributed by atoms with E-state index < -0.39 is 10.0 Å². The molecule has 4 nitrogen and oxygen atoms in total. The summed E-state index contributed by atoms with van der Waals surface area (Å²) in [5, 5.41) is 1.82. The molecule has 0 radical (unpaired) electrons. The maximum atomic E-state index is 12.7. The second-order valence-electron chi connectivity index (χ2n) is 4.34. The topological polar surface area (TPSA) is 63.4 Å². The quantitative estimate of drug-likeness (QED) is 0.901. The fourth-order valence-electron chi connectivity index (χ4n) is 1.87. The molecular formula is C12H15ClN2O2S3. The summed E-state index contributed by atoms with van der Waals surface area (Å²) in [7, 11) is -1.96. The number of hydrogen-bond acceptors (Lipinski definition) is 5. The minimum absolute atomic E-state index is 0.228. The van der Waals surface area contributed by atoms with Gasteiger partial charge in [0.2, 0.25) is 10.0 Å². The van der Waals surface area contributed by atoms with Gasteiger partial charge in [0.05, 0.1) is 4.34 Å². The third-order valence-electron chi connectivity index (χ3n) is 2.85. The zero-order chi connectivity index (χ0) is 14.9. The number of hydrogen-bond donors (Lipinski definition) is 1. The lowest BCUT2D eigenvalue weighted by Crippen LogP contribution is -2.27. The van der Waals surface area contributed by atoms with Gasteiger partial charge in [-0.1, -0.05) is 11.6 Å². The number of nitrogens with two attached hydrogens (primary N) is 1. The highest BCUT2D eigenvalue weighted by atomic mass is 35.5. The largest absolute Gasteiger partial charge is 0.326 e. The lowest BCUT2D eigenvalue weighted by atomic mass is 10.3. The van der Waals surface area contributed by atoms with Gasteiger partial charge in [0.1, 0.15) is 4.90 Å². The molecular weight excluding hydrogens is 336 g/mol. The molecule has 0 amide bonds. The van der Waals surface area contributed by atoms with E-state index in [0.29, 0.717) is 20.7 Å². The Morgan fingerprint density at radius 2 is 2.10 bits per heavy atom. The van der Waals surface area contributed by atoms with E-state index in [-0.39, 0.29) is 6.54 Å². The van der Waals surface area contributed by atoms with Crippen LogP contribution in [0.5, 0.6) is 0 Å². The van der Waals surface area contributed by atoms with E-state index in [1.165, 1.54) is 27.0 Å². The van der Waals surface area contributed by atoms with Gasteiger partial charge in [0.25, 0.3) is 0 Å². The van der Waals surface area contributed by atoms with Gasteiger partial charge in [-0.05, 0) is 30.0 Å². The zero-order valence-electron chi connectivity index (χ0n) is 11.1. The van der Waals surface area contributed by atoms with Crippen molar-refractivity contribution in [3.05, 3.63) is 37.2 Å². The molecule has 0 aliphatic carbocycles. The molecule has 0 aliphatic heterocycles. The molecule has 0 bridgehead atoms. The van der Waals surface area contributed by atoms with Crippen molar-refractivity contribution in [1.29, 1.82) is 0 Å². The summed E-state index contributed by atoms with van der Waals surface area (Å²) in [5.41, 5.74) is 6.37. The third-order valence-corrected chi connectivity index (χ3v) is 7.36. The maximum absolute atomic E-state index is 12.7. The Bertz CT molecular complexity index is 706. The van der Waals surface area contributed by atoms with E-state index >= 15 is 0 Å². The monoisotopic (exact) mass is 350 g/mol. The van der Waals surface area contributed by atoms with Crippen molar-refractivity contribution >= 4 is 44.3 Å². The van der Waals surface area contributed by atoms with E-state index in [4.69, 9.17) is 17.3 Å². The van der Waals surface area contributed by atoms with E-state index in [9.17, 15) is 8.42 Å². The molecule has 0 unspecified atom stereocenters. The molecule has 0 atom stereocenters. The first-order chi connectivity index (χ1) is 9.36. The Morgan fingerprint density at radius 3 is 2.65 bits per heavy atom. The molecule has 0 saturated carbocycles. The van der Waals surface area contributed by atoms with Gasteiger partial charge in [0, 0.05) is 29.9 Å². The molecule has 8 heteroatoms. The average molecular weight is 351 g/mol. The molecule has 20 heavy (non-hydrogen) atoms. The van der Waals surface area contributed by atoms with Crippen LogP contribution in [0.1, 0.15) is 15.3 Å². The van der Waals surface area contributed by atoms with Crippen LogP contribution in [0.15, 0.2) is 22.4 Å². The molecule has 2 aromatic rings. The second kappa shape index (κ2) is 6.13. The van der Waals surface area contributed by atoms with Crippen LogP contribution in [-0.4, -0.2) is 19.8 Å². The summed E-state index contributed by atoms with van der Waals surface area (Å²) in [6.07, 6.45) is 0. The van der Waals surface area contributed by atoms with Crippen molar-refractivity contribution in [2.24, 2.45) is 5.73 Å². The number of halogens is 1. The van der Waals surface area contributed by atoms with Crippen molar-refractivity contribution in [3.63, 3.8) is 0 Å². The van der Waals surface area contributed by atoms with Crippen molar-refractivity contribution in [2.45, 2.75) is 24.9 Å². The summed E-state index contributed by atoms with van der Waals surface area (Å²) >= 11 is 8.63. The van der Waals surface area contributed by atoms with Crippen LogP contribution in [0.25, 0.3) is 0 Å². The molecule has 110 valence electrons.